The van der Waals surface area contributed by atoms with Crippen molar-refractivity contribution in [3.8, 4) is 0 Å². The molecule has 0 aliphatic heterocycles. The van der Waals surface area contributed by atoms with Gasteiger partial charge in [0.25, 0.3) is 5.56 Å². The molecule has 2 aromatic heterocycles. The summed E-state index contributed by atoms with van der Waals surface area (Å²) in [5.74, 6) is 0. The minimum absolute atomic E-state index is 0.115. The first-order valence-corrected chi connectivity index (χ1v) is 10.1. The number of ether oxygens (including phenoxy) is 1. The van der Waals surface area contributed by atoms with E-state index in [-0.39, 0.29) is 5.56 Å². The van der Waals surface area contributed by atoms with Crippen molar-refractivity contribution >= 4 is 16.3 Å². The van der Waals surface area contributed by atoms with Crippen LogP contribution in [0.5, 0.6) is 0 Å². The molecule has 0 unspecified atom stereocenters. The fraction of sp³-hybridized carbons (Fsp3) is 0.450. The predicted octanol–water partition coefficient (Wildman–Crippen LogP) is 3.06. The third-order valence-electron chi connectivity index (χ3n) is 4.33. The van der Waals surface area contributed by atoms with Crippen LogP contribution in [-0.4, -0.2) is 39.8 Å². The van der Waals surface area contributed by atoms with Crippen molar-refractivity contribution in [2.75, 3.05) is 20.3 Å². The molecule has 0 aliphatic rings. The second-order valence-electron chi connectivity index (χ2n) is 6.71. The summed E-state index contributed by atoms with van der Waals surface area (Å²) in [5.41, 5.74) is 3.14. The lowest BCUT2D eigenvalue weighted by Crippen LogP contribution is -2.28. The standard InChI is InChI=1S/C20H26N4O2S/c1-4-5-18-22-24-19(25)12-17(21-20(24)27-18)14-23(10-11-26-3)13-16-8-6-15(2)7-9-16/h6-9,12H,4-5,10-11,13-14H2,1-3H3. The first-order chi connectivity index (χ1) is 13.1. The third-order valence-corrected chi connectivity index (χ3v) is 5.30. The predicted molar refractivity (Wildman–Crippen MR) is 108 cm³/mol. The molecule has 0 amide bonds. The maximum atomic E-state index is 12.4. The number of methoxy groups -OCH3 is 1. The first-order valence-electron chi connectivity index (χ1n) is 9.24. The fourth-order valence-electron chi connectivity index (χ4n) is 2.91. The molecule has 6 nitrogen and oxygen atoms in total. The van der Waals surface area contributed by atoms with Crippen LogP contribution in [0.2, 0.25) is 0 Å². The van der Waals surface area contributed by atoms with Gasteiger partial charge < -0.3 is 4.74 Å². The Labute approximate surface area is 163 Å². The Morgan fingerprint density at radius 2 is 2.00 bits per heavy atom. The largest absolute Gasteiger partial charge is 0.383 e. The van der Waals surface area contributed by atoms with Gasteiger partial charge >= 0.3 is 0 Å². The van der Waals surface area contributed by atoms with E-state index in [0.717, 1.165) is 36.6 Å². The van der Waals surface area contributed by atoms with Crippen LogP contribution in [-0.2, 0) is 24.2 Å². The van der Waals surface area contributed by atoms with Crippen molar-refractivity contribution in [3.05, 3.63) is 62.5 Å². The van der Waals surface area contributed by atoms with Crippen molar-refractivity contribution in [1.82, 2.24) is 19.5 Å². The van der Waals surface area contributed by atoms with Gasteiger partial charge in [-0.15, -0.1) is 0 Å². The molecule has 0 aliphatic carbocycles. The maximum absolute atomic E-state index is 12.4. The van der Waals surface area contributed by atoms with Crippen molar-refractivity contribution in [2.24, 2.45) is 0 Å². The van der Waals surface area contributed by atoms with Crippen LogP contribution in [0.4, 0.5) is 0 Å². The molecule has 3 aromatic rings. The Balaban J connectivity index is 1.81. The highest BCUT2D eigenvalue weighted by atomic mass is 32.1. The van der Waals surface area contributed by atoms with Gasteiger partial charge in [0.2, 0.25) is 4.96 Å². The van der Waals surface area contributed by atoms with Crippen LogP contribution in [0, 0.1) is 6.92 Å². The van der Waals surface area contributed by atoms with Crippen molar-refractivity contribution in [2.45, 2.75) is 39.8 Å². The van der Waals surface area contributed by atoms with Gasteiger partial charge in [0.1, 0.15) is 5.01 Å². The molecule has 0 spiro atoms. The van der Waals surface area contributed by atoms with Gasteiger partial charge in [-0.05, 0) is 18.9 Å². The van der Waals surface area contributed by atoms with E-state index >= 15 is 0 Å². The fourth-order valence-corrected chi connectivity index (χ4v) is 3.93. The molecule has 2 heterocycles. The van der Waals surface area contributed by atoms with Crippen molar-refractivity contribution in [1.29, 1.82) is 0 Å². The lowest BCUT2D eigenvalue weighted by molar-refractivity contribution is 0.139. The summed E-state index contributed by atoms with van der Waals surface area (Å²) in [6.45, 7) is 6.98. The number of hydrogen-bond donors (Lipinski definition) is 0. The molecular weight excluding hydrogens is 360 g/mol. The normalized spacial score (nSPS) is 11.6. The molecule has 0 saturated heterocycles. The second kappa shape index (κ2) is 9.21. The topological polar surface area (TPSA) is 59.7 Å². The third kappa shape index (κ3) is 5.22. The van der Waals surface area contributed by atoms with Crippen LogP contribution in [0.1, 0.15) is 35.2 Å². The highest BCUT2D eigenvalue weighted by molar-refractivity contribution is 7.16. The molecule has 7 heteroatoms. The second-order valence-corrected chi connectivity index (χ2v) is 7.76. The molecule has 1 aromatic carbocycles. The lowest BCUT2D eigenvalue weighted by Gasteiger charge is -2.21. The van der Waals surface area contributed by atoms with Gasteiger partial charge in [-0.2, -0.15) is 9.61 Å². The van der Waals surface area contributed by atoms with Crippen LogP contribution in [0.25, 0.3) is 4.96 Å². The zero-order chi connectivity index (χ0) is 19.2. The number of fused-ring (bicyclic) bond motifs is 1. The number of aryl methyl sites for hydroxylation is 2. The Kier molecular flexibility index (Phi) is 6.71. The summed E-state index contributed by atoms with van der Waals surface area (Å²) < 4.78 is 6.67. The number of nitrogens with zero attached hydrogens (tertiary/aromatic N) is 4. The van der Waals surface area contributed by atoms with E-state index in [1.165, 1.54) is 27.0 Å². The minimum atomic E-state index is -0.115. The number of hydrogen-bond acceptors (Lipinski definition) is 6. The summed E-state index contributed by atoms with van der Waals surface area (Å²) in [4.78, 5) is 20.0. The number of aromatic nitrogens is 3. The Morgan fingerprint density at radius 3 is 2.70 bits per heavy atom. The average Bonchev–Trinajstić information content (AvgIpc) is 3.05. The van der Waals surface area contributed by atoms with E-state index in [1.807, 2.05) is 0 Å². The molecule has 0 atom stereocenters. The molecular formula is C20H26N4O2S. The van der Waals surface area contributed by atoms with Crippen molar-refractivity contribution < 1.29 is 4.74 Å². The zero-order valence-electron chi connectivity index (χ0n) is 16.1. The van der Waals surface area contributed by atoms with Crippen LogP contribution < -0.4 is 5.56 Å². The first kappa shape index (κ1) is 19.7. The maximum Gasteiger partial charge on any atom is 0.275 e. The van der Waals surface area contributed by atoms with Crippen LogP contribution in [0.15, 0.2) is 35.1 Å². The van der Waals surface area contributed by atoms with E-state index in [1.54, 1.807) is 13.2 Å². The highest BCUT2D eigenvalue weighted by Gasteiger charge is 2.12. The van der Waals surface area contributed by atoms with Gasteiger partial charge in [-0.1, -0.05) is 48.1 Å². The highest BCUT2D eigenvalue weighted by Crippen LogP contribution is 2.15. The van der Waals surface area contributed by atoms with Gasteiger partial charge in [-0.3, -0.25) is 9.69 Å². The molecule has 0 radical (unpaired) electrons. The van der Waals surface area contributed by atoms with Gasteiger partial charge in [-0.25, -0.2) is 4.98 Å². The molecule has 27 heavy (non-hydrogen) atoms. The van der Waals surface area contributed by atoms with Crippen LogP contribution >= 0.6 is 11.3 Å². The quantitative estimate of drug-likeness (QED) is 0.566. The Morgan fingerprint density at radius 1 is 1.22 bits per heavy atom. The SMILES string of the molecule is CCCc1nn2c(=O)cc(CN(CCOC)Cc3ccc(C)cc3)nc2s1. The lowest BCUT2D eigenvalue weighted by atomic mass is 10.1. The van der Waals surface area contributed by atoms with E-state index in [2.05, 4.69) is 53.1 Å². The van der Waals surface area contributed by atoms with Gasteiger partial charge in [0.05, 0.1) is 12.3 Å². The summed E-state index contributed by atoms with van der Waals surface area (Å²) in [7, 11) is 1.70. The Hall–Kier alpha value is -2.09. The van der Waals surface area contributed by atoms with Crippen LogP contribution in [0.3, 0.4) is 0 Å². The van der Waals surface area contributed by atoms with E-state index in [0.29, 0.717) is 18.1 Å². The van der Waals surface area contributed by atoms with Gasteiger partial charge in [0.15, 0.2) is 0 Å². The van der Waals surface area contributed by atoms with Crippen molar-refractivity contribution in [3.63, 3.8) is 0 Å². The zero-order valence-corrected chi connectivity index (χ0v) is 17.0. The monoisotopic (exact) mass is 386 g/mol. The number of benzene rings is 1. The van der Waals surface area contributed by atoms with Gasteiger partial charge in [0, 0.05) is 39.2 Å². The summed E-state index contributed by atoms with van der Waals surface area (Å²) in [6.07, 6.45) is 1.87. The summed E-state index contributed by atoms with van der Waals surface area (Å²) in [5, 5.41) is 5.33. The molecule has 0 fully saturated rings. The minimum Gasteiger partial charge on any atom is -0.383 e. The summed E-state index contributed by atoms with van der Waals surface area (Å²) in [6, 6.07) is 10.1. The molecule has 3 rings (SSSR count). The molecule has 144 valence electrons. The van der Waals surface area contributed by atoms with E-state index < -0.39 is 0 Å². The average molecular weight is 387 g/mol. The molecule has 0 N–H and O–H groups in total. The molecule has 0 bridgehead atoms. The Bertz CT molecular complexity index is 933. The van der Waals surface area contributed by atoms with E-state index in [9.17, 15) is 4.79 Å². The molecule has 0 saturated carbocycles. The smallest absolute Gasteiger partial charge is 0.275 e. The number of rotatable bonds is 9. The summed E-state index contributed by atoms with van der Waals surface area (Å²) >= 11 is 1.50. The van der Waals surface area contributed by atoms with E-state index in [4.69, 9.17) is 4.74 Å².